The second kappa shape index (κ2) is 2.98. The van der Waals surface area contributed by atoms with Crippen molar-refractivity contribution in [1.29, 1.82) is 0 Å². The Labute approximate surface area is 78.7 Å². The van der Waals surface area contributed by atoms with Crippen molar-refractivity contribution in [3.05, 3.63) is 0 Å². The fourth-order valence-electron chi connectivity index (χ4n) is 2.40. The summed E-state index contributed by atoms with van der Waals surface area (Å²) in [6, 6.07) is 0. The predicted molar refractivity (Wildman–Crippen MR) is 49.5 cm³/mol. The molecular weight excluding hydrogens is 166 g/mol. The van der Waals surface area contributed by atoms with Gasteiger partial charge in [0.1, 0.15) is 0 Å². The van der Waals surface area contributed by atoms with E-state index in [0.29, 0.717) is 5.92 Å². The molecule has 0 amide bonds. The number of hydrogen-bond donors (Lipinski definition) is 1. The van der Waals surface area contributed by atoms with Gasteiger partial charge in [0, 0.05) is 6.54 Å². The first kappa shape index (κ1) is 9.00. The van der Waals surface area contributed by atoms with Crippen LogP contribution in [0.3, 0.4) is 0 Å². The van der Waals surface area contributed by atoms with E-state index in [1.807, 2.05) is 0 Å². The van der Waals surface area contributed by atoms with Crippen LogP contribution in [-0.4, -0.2) is 36.1 Å². The van der Waals surface area contributed by atoms with Gasteiger partial charge in [-0.15, -0.1) is 0 Å². The Morgan fingerprint density at radius 1 is 1.62 bits per heavy atom. The Morgan fingerprint density at radius 2 is 2.31 bits per heavy atom. The molecule has 13 heavy (non-hydrogen) atoms. The van der Waals surface area contributed by atoms with Gasteiger partial charge in [-0.05, 0) is 45.2 Å². The minimum atomic E-state index is -0.568. The zero-order valence-corrected chi connectivity index (χ0v) is 8.12. The molecule has 0 radical (unpaired) electrons. The quantitative estimate of drug-likeness (QED) is 0.714. The molecule has 74 valence electrons. The van der Waals surface area contributed by atoms with Gasteiger partial charge in [-0.1, -0.05) is 0 Å². The van der Waals surface area contributed by atoms with Crippen molar-refractivity contribution in [3.8, 4) is 0 Å². The number of carbonyl (C=O) groups is 1. The smallest absolute Gasteiger partial charge is 0.309 e. The first-order valence-corrected chi connectivity index (χ1v) is 5.04. The molecular formula is C10H17NO2. The summed E-state index contributed by atoms with van der Waals surface area (Å²) in [5.41, 5.74) is -0.310. The highest BCUT2D eigenvalue weighted by Gasteiger charge is 2.51. The van der Waals surface area contributed by atoms with Crippen molar-refractivity contribution in [2.75, 3.05) is 20.1 Å². The van der Waals surface area contributed by atoms with E-state index in [4.69, 9.17) is 5.11 Å². The van der Waals surface area contributed by atoms with Crippen molar-refractivity contribution in [2.24, 2.45) is 11.3 Å². The van der Waals surface area contributed by atoms with Gasteiger partial charge in [-0.2, -0.15) is 0 Å². The summed E-state index contributed by atoms with van der Waals surface area (Å²) in [6.07, 6.45) is 3.91. The van der Waals surface area contributed by atoms with Crippen LogP contribution in [0.2, 0.25) is 0 Å². The normalized spacial score (nSPS) is 31.9. The Balaban J connectivity index is 1.88. The van der Waals surface area contributed by atoms with Crippen molar-refractivity contribution < 1.29 is 9.90 Å². The second-order valence-corrected chi connectivity index (χ2v) is 4.71. The monoisotopic (exact) mass is 183 g/mol. The molecule has 0 aromatic heterocycles. The molecule has 1 heterocycles. The van der Waals surface area contributed by atoms with Crippen molar-refractivity contribution in [2.45, 2.75) is 25.7 Å². The van der Waals surface area contributed by atoms with Crippen LogP contribution in [0.25, 0.3) is 0 Å². The van der Waals surface area contributed by atoms with E-state index in [2.05, 4.69) is 11.9 Å². The fourth-order valence-corrected chi connectivity index (χ4v) is 2.40. The van der Waals surface area contributed by atoms with Crippen LogP contribution in [0.15, 0.2) is 0 Å². The Kier molecular flexibility index (Phi) is 2.06. The summed E-state index contributed by atoms with van der Waals surface area (Å²) in [5, 5.41) is 9.02. The average molecular weight is 183 g/mol. The van der Waals surface area contributed by atoms with Gasteiger partial charge in [0.2, 0.25) is 0 Å². The zero-order valence-electron chi connectivity index (χ0n) is 8.12. The number of hydrogen-bond acceptors (Lipinski definition) is 2. The molecule has 2 aliphatic rings. The lowest BCUT2D eigenvalue weighted by molar-refractivity contribution is -0.144. The molecule has 3 heteroatoms. The third-order valence-electron chi connectivity index (χ3n) is 3.48. The maximum Gasteiger partial charge on any atom is 0.309 e. The SMILES string of the molecule is CN1CCC(CC2(C(=O)O)CC2)C1. The molecule has 1 unspecified atom stereocenters. The second-order valence-electron chi connectivity index (χ2n) is 4.71. The lowest BCUT2D eigenvalue weighted by Gasteiger charge is -2.15. The first-order valence-electron chi connectivity index (χ1n) is 5.04. The van der Waals surface area contributed by atoms with Crippen LogP contribution < -0.4 is 0 Å². The molecule has 0 aromatic rings. The average Bonchev–Trinajstić information content (AvgIpc) is 2.72. The van der Waals surface area contributed by atoms with Crippen LogP contribution in [-0.2, 0) is 4.79 Å². The fraction of sp³-hybridized carbons (Fsp3) is 0.900. The first-order chi connectivity index (χ1) is 6.12. The standard InChI is InChI=1S/C10H17NO2/c1-11-5-2-8(7-11)6-10(3-4-10)9(12)13/h8H,2-7H2,1H3,(H,12,13). The number of likely N-dealkylation sites (tertiary alicyclic amines) is 1. The van der Waals surface area contributed by atoms with Crippen molar-refractivity contribution >= 4 is 5.97 Å². The number of aliphatic carboxylic acids is 1. The summed E-state index contributed by atoms with van der Waals surface area (Å²) in [7, 11) is 2.11. The molecule has 0 bridgehead atoms. The lowest BCUT2D eigenvalue weighted by Crippen LogP contribution is -2.21. The Hall–Kier alpha value is -0.570. The van der Waals surface area contributed by atoms with Gasteiger partial charge in [-0.25, -0.2) is 0 Å². The highest BCUT2D eigenvalue weighted by atomic mass is 16.4. The maximum absolute atomic E-state index is 10.9. The molecule has 0 spiro atoms. The molecule has 1 aliphatic heterocycles. The predicted octanol–water partition coefficient (Wildman–Crippen LogP) is 1.19. The molecule has 3 nitrogen and oxygen atoms in total. The van der Waals surface area contributed by atoms with Gasteiger partial charge in [0.25, 0.3) is 0 Å². The van der Waals surface area contributed by atoms with Crippen LogP contribution >= 0.6 is 0 Å². The molecule has 0 aromatic carbocycles. The van der Waals surface area contributed by atoms with E-state index in [-0.39, 0.29) is 5.41 Å². The number of carboxylic acid groups (broad SMARTS) is 1. The molecule has 1 saturated carbocycles. The minimum Gasteiger partial charge on any atom is -0.481 e. The summed E-state index contributed by atoms with van der Waals surface area (Å²) >= 11 is 0. The van der Waals surface area contributed by atoms with Crippen LogP contribution in [0.4, 0.5) is 0 Å². The van der Waals surface area contributed by atoms with Crippen molar-refractivity contribution in [3.63, 3.8) is 0 Å². The summed E-state index contributed by atoms with van der Waals surface area (Å²) in [4.78, 5) is 13.2. The minimum absolute atomic E-state index is 0.310. The van der Waals surface area contributed by atoms with Gasteiger partial charge in [-0.3, -0.25) is 4.79 Å². The van der Waals surface area contributed by atoms with Gasteiger partial charge in [0.05, 0.1) is 5.41 Å². The van der Waals surface area contributed by atoms with E-state index in [0.717, 1.165) is 32.4 Å². The van der Waals surface area contributed by atoms with E-state index in [9.17, 15) is 4.79 Å². The molecule has 1 N–H and O–H groups in total. The van der Waals surface area contributed by atoms with Gasteiger partial charge >= 0.3 is 5.97 Å². The van der Waals surface area contributed by atoms with Gasteiger partial charge in [0.15, 0.2) is 0 Å². The van der Waals surface area contributed by atoms with E-state index in [1.165, 1.54) is 6.42 Å². The molecule has 1 saturated heterocycles. The summed E-state index contributed by atoms with van der Waals surface area (Å²) < 4.78 is 0. The molecule has 1 aliphatic carbocycles. The highest BCUT2D eigenvalue weighted by Crippen LogP contribution is 2.51. The highest BCUT2D eigenvalue weighted by molar-refractivity contribution is 5.77. The van der Waals surface area contributed by atoms with Crippen LogP contribution in [0.1, 0.15) is 25.7 Å². The van der Waals surface area contributed by atoms with Crippen LogP contribution in [0.5, 0.6) is 0 Å². The van der Waals surface area contributed by atoms with E-state index in [1.54, 1.807) is 0 Å². The third kappa shape index (κ3) is 1.70. The summed E-state index contributed by atoms with van der Waals surface area (Å²) in [6.45, 7) is 2.23. The summed E-state index contributed by atoms with van der Waals surface area (Å²) in [5.74, 6) is 0.0608. The van der Waals surface area contributed by atoms with Crippen molar-refractivity contribution in [1.82, 2.24) is 4.90 Å². The topological polar surface area (TPSA) is 40.5 Å². The number of carboxylic acids is 1. The third-order valence-corrected chi connectivity index (χ3v) is 3.48. The van der Waals surface area contributed by atoms with E-state index < -0.39 is 5.97 Å². The molecule has 1 atom stereocenters. The number of rotatable bonds is 3. The Bertz CT molecular complexity index is 223. The lowest BCUT2D eigenvalue weighted by atomic mass is 9.91. The Morgan fingerprint density at radius 3 is 2.69 bits per heavy atom. The van der Waals surface area contributed by atoms with Crippen LogP contribution in [0, 0.1) is 11.3 Å². The molecule has 2 fully saturated rings. The largest absolute Gasteiger partial charge is 0.481 e. The maximum atomic E-state index is 10.9. The number of nitrogens with zero attached hydrogens (tertiary/aromatic N) is 1. The van der Waals surface area contributed by atoms with Gasteiger partial charge < -0.3 is 10.0 Å². The van der Waals surface area contributed by atoms with E-state index >= 15 is 0 Å². The zero-order chi connectivity index (χ0) is 9.47. The molecule has 2 rings (SSSR count).